The molecule has 0 aliphatic rings. The van der Waals surface area contributed by atoms with Crippen LogP contribution in [0.3, 0.4) is 0 Å². The summed E-state index contributed by atoms with van der Waals surface area (Å²) in [6, 6.07) is 74.8. The van der Waals surface area contributed by atoms with E-state index in [0.717, 1.165) is 0 Å². The van der Waals surface area contributed by atoms with Gasteiger partial charge in [0.2, 0.25) is 0 Å². The van der Waals surface area contributed by atoms with Crippen molar-refractivity contribution in [3.63, 3.8) is 0 Å². The van der Waals surface area contributed by atoms with Gasteiger partial charge in [-0.3, -0.25) is 0 Å². The SMILES string of the molecule is Cc1cc(N(c2cc(C)c(-c3cccc4ccc5ccccc5c34)cc2C)c2cc(C)c(-c3cccc4ccc5ccccc5c34)cc2C)c(C)cc1-c1cccc2ccc3ccccc3c12. The monoisotopic (exact) mass is 857 g/mol. The Bertz CT molecular complexity index is 3580. The van der Waals surface area contributed by atoms with E-state index in [1.807, 2.05) is 0 Å². The van der Waals surface area contributed by atoms with Crippen LogP contribution in [0.1, 0.15) is 33.4 Å². The van der Waals surface area contributed by atoms with Crippen molar-refractivity contribution in [3.05, 3.63) is 234 Å². The van der Waals surface area contributed by atoms with E-state index in [0.29, 0.717) is 0 Å². The van der Waals surface area contributed by atoms with Gasteiger partial charge in [-0.15, -0.1) is 0 Å². The van der Waals surface area contributed by atoms with Crippen molar-refractivity contribution in [2.45, 2.75) is 41.5 Å². The molecule has 0 N–H and O–H groups in total. The molecule has 320 valence electrons. The van der Waals surface area contributed by atoms with Gasteiger partial charge in [-0.2, -0.15) is 0 Å². The second-order valence-electron chi connectivity index (χ2n) is 18.8. The highest BCUT2D eigenvalue weighted by Gasteiger charge is 2.24. The first-order valence-electron chi connectivity index (χ1n) is 23.6. The zero-order chi connectivity index (χ0) is 45.5. The molecule has 1 nitrogen and oxygen atoms in total. The highest BCUT2D eigenvalue weighted by atomic mass is 15.1. The summed E-state index contributed by atoms with van der Waals surface area (Å²) in [5.41, 5.74) is 18.6. The van der Waals surface area contributed by atoms with E-state index in [1.165, 1.54) is 148 Å². The molecule has 0 aromatic heterocycles. The molecule has 12 rings (SSSR count). The summed E-state index contributed by atoms with van der Waals surface area (Å²) in [7, 11) is 0. The van der Waals surface area contributed by atoms with Crippen molar-refractivity contribution < 1.29 is 0 Å². The Balaban J connectivity index is 1.08. The summed E-state index contributed by atoms with van der Waals surface area (Å²) in [4.78, 5) is 2.56. The first-order chi connectivity index (χ1) is 32.7. The van der Waals surface area contributed by atoms with E-state index in [1.54, 1.807) is 0 Å². The lowest BCUT2D eigenvalue weighted by atomic mass is 9.88. The number of hydrogen-bond donors (Lipinski definition) is 0. The molecule has 0 aliphatic heterocycles. The maximum atomic E-state index is 2.56. The van der Waals surface area contributed by atoms with Gasteiger partial charge in [0, 0.05) is 17.1 Å². The molecule has 0 saturated heterocycles. The summed E-state index contributed by atoms with van der Waals surface area (Å²) in [5.74, 6) is 0. The molecule has 0 atom stereocenters. The number of benzene rings is 12. The fourth-order valence-corrected chi connectivity index (χ4v) is 11.2. The molecule has 0 spiro atoms. The largest absolute Gasteiger partial charge is 0.310 e. The molecule has 1 heteroatoms. The van der Waals surface area contributed by atoms with Gasteiger partial charge >= 0.3 is 0 Å². The highest BCUT2D eigenvalue weighted by Crippen LogP contribution is 2.48. The van der Waals surface area contributed by atoms with Crippen LogP contribution in [-0.2, 0) is 0 Å². The normalized spacial score (nSPS) is 11.7. The van der Waals surface area contributed by atoms with Gasteiger partial charge in [0.05, 0.1) is 0 Å². The van der Waals surface area contributed by atoms with E-state index >= 15 is 0 Å². The standard InChI is InChI=1S/C66H51N/c1-40-37-61(43(4)34-58(40)55-25-13-19-49-31-28-46-16-7-10-22-52(46)64(49)55)67(62-38-41(2)59(35-44(62)5)56-26-14-20-50-32-29-47-17-8-11-23-53(47)65(50)56)63-39-42(3)60(36-45(63)6)57-27-15-21-51-33-30-48-18-9-12-24-54(48)66(51)57/h7-39H,1-6H3. The summed E-state index contributed by atoms with van der Waals surface area (Å²) in [5, 5.41) is 15.3. The predicted octanol–water partition coefficient (Wildman–Crippen LogP) is 18.9. The number of rotatable bonds is 6. The first kappa shape index (κ1) is 40.5. The summed E-state index contributed by atoms with van der Waals surface area (Å²) in [6.45, 7) is 13.8. The Labute approximate surface area is 393 Å². The Morgan fingerprint density at radius 1 is 0.224 bits per heavy atom. The molecular weight excluding hydrogens is 807 g/mol. The molecule has 12 aromatic rings. The van der Waals surface area contributed by atoms with Gasteiger partial charge < -0.3 is 4.90 Å². The topological polar surface area (TPSA) is 3.24 Å². The number of fused-ring (bicyclic) bond motifs is 9. The summed E-state index contributed by atoms with van der Waals surface area (Å²) < 4.78 is 0. The van der Waals surface area contributed by atoms with Crippen LogP contribution in [0.2, 0.25) is 0 Å². The maximum absolute atomic E-state index is 2.56. The van der Waals surface area contributed by atoms with Gasteiger partial charge in [-0.05, 0) is 209 Å². The minimum Gasteiger partial charge on any atom is -0.310 e. The van der Waals surface area contributed by atoms with Crippen LogP contribution < -0.4 is 4.90 Å². The molecule has 0 heterocycles. The Morgan fingerprint density at radius 3 is 0.806 bits per heavy atom. The van der Waals surface area contributed by atoms with Crippen molar-refractivity contribution in [1.82, 2.24) is 0 Å². The molecular formula is C66H51N. The second-order valence-corrected chi connectivity index (χ2v) is 18.8. The van der Waals surface area contributed by atoms with Crippen LogP contribution >= 0.6 is 0 Å². The Morgan fingerprint density at radius 2 is 0.493 bits per heavy atom. The van der Waals surface area contributed by atoms with Crippen LogP contribution in [-0.4, -0.2) is 0 Å². The fourth-order valence-electron chi connectivity index (χ4n) is 11.2. The lowest BCUT2D eigenvalue weighted by Crippen LogP contribution is -2.15. The van der Waals surface area contributed by atoms with Crippen molar-refractivity contribution >= 4 is 81.7 Å². The molecule has 0 unspecified atom stereocenters. The van der Waals surface area contributed by atoms with Crippen LogP contribution in [0.25, 0.3) is 98.0 Å². The quantitative estimate of drug-likeness (QED) is 0.151. The van der Waals surface area contributed by atoms with Gasteiger partial charge in [-0.1, -0.05) is 164 Å². The van der Waals surface area contributed by atoms with Crippen LogP contribution in [0.4, 0.5) is 17.1 Å². The zero-order valence-electron chi connectivity index (χ0n) is 39.0. The van der Waals surface area contributed by atoms with Gasteiger partial charge in [-0.25, -0.2) is 0 Å². The van der Waals surface area contributed by atoms with Crippen molar-refractivity contribution in [2.75, 3.05) is 4.90 Å². The zero-order valence-corrected chi connectivity index (χ0v) is 39.0. The third-order valence-electron chi connectivity index (χ3n) is 14.5. The minimum atomic E-state index is 1.18. The predicted molar refractivity (Wildman–Crippen MR) is 291 cm³/mol. The van der Waals surface area contributed by atoms with Crippen molar-refractivity contribution in [1.29, 1.82) is 0 Å². The van der Waals surface area contributed by atoms with Crippen molar-refractivity contribution in [3.8, 4) is 33.4 Å². The van der Waals surface area contributed by atoms with E-state index in [2.05, 4.69) is 247 Å². The lowest BCUT2D eigenvalue weighted by molar-refractivity contribution is 1.18. The smallest absolute Gasteiger partial charge is 0.0494 e. The van der Waals surface area contributed by atoms with E-state index < -0.39 is 0 Å². The fraction of sp³-hybridized carbons (Fsp3) is 0.0909. The average molecular weight is 858 g/mol. The lowest BCUT2D eigenvalue weighted by Gasteiger charge is -2.32. The van der Waals surface area contributed by atoms with Gasteiger partial charge in [0.25, 0.3) is 0 Å². The molecule has 0 bridgehead atoms. The number of nitrogens with zero attached hydrogens (tertiary/aromatic N) is 1. The van der Waals surface area contributed by atoms with Crippen LogP contribution in [0, 0.1) is 41.5 Å². The van der Waals surface area contributed by atoms with Crippen LogP contribution in [0.15, 0.2) is 200 Å². The Hall–Kier alpha value is -8.00. The molecule has 0 saturated carbocycles. The summed E-state index contributed by atoms with van der Waals surface area (Å²) in [6.07, 6.45) is 0. The van der Waals surface area contributed by atoms with E-state index in [4.69, 9.17) is 0 Å². The van der Waals surface area contributed by atoms with E-state index in [-0.39, 0.29) is 0 Å². The molecule has 0 aliphatic carbocycles. The highest BCUT2D eigenvalue weighted by molar-refractivity contribution is 6.17. The van der Waals surface area contributed by atoms with E-state index in [9.17, 15) is 0 Å². The first-order valence-corrected chi connectivity index (χ1v) is 23.6. The van der Waals surface area contributed by atoms with Crippen molar-refractivity contribution in [2.24, 2.45) is 0 Å². The number of aryl methyl sites for hydroxylation is 6. The Kier molecular flexibility index (Phi) is 9.59. The minimum absolute atomic E-state index is 1.18. The summed E-state index contributed by atoms with van der Waals surface area (Å²) >= 11 is 0. The number of hydrogen-bond acceptors (Lipinski definition) is 1. The maximum Gasteiger partial charge on any atom is 0.0494 e. The average Bonchev–Trinajstić information content (AvgIpc) is 3.36. The molecule has 0 radical (unpaired) electrons. The molecule has 0 amide bonds. The second kappa shape index (κ2) is 15.9. The van der Waals surface area contributed by atoms with Gasteiger partial charge in [0.15, 0.2) is 0 Å². The number of anilines is 3. The third-order valence-corrected chi connectivity index (χ3v) is 14.5. The molecule has 67 heavy (non-hydrogen) atoms. The third kappa shape index (κ3) is 6.60. The van der Waals surface area contributed by atoms with Gasteiger partial charge in [0.1, 0.15) is 0 Å². The molecule has 12 aromatic carbocycles. The molecule has 0 fully saturated rings. The van der Waals surface area contributed by atoms with Crippen LogP contribution in [0.5, 0.6) is 0 Å².